The van der Waals surface area contributed by atoms with Crippen LogP contribution < -0.4 is 11.1 Å². The number of nitriles is 1. The highest BCUT2D eigenvalue weighted by Crippen LogP contribution is 2.24. The van der Waals surface area contributed by atoms with Crippen LogP contribution in [0, 0.1) is 11.3 Å². The first-order valence-electron chi connectivity index (χ1n) is 5.43. The normalized spacial score (nSPS) is 11.1. The summed E-state index contributed by atoms with van der Waals surface area (Å²) in [5.74, 6) is 0.00501. The van der Waals surface area contributed by atoms with Gasteiger partial charge in [-0.15, -0.1) is 5.10 Å². The van der Waals surface area contributed by atoms with Crippen molar-refractivity contribution in [2.75, 3.05) is 17.6 Å². The van der Waals surface area contributed by atoms with Gasteiger partial charge in [0.15, 0.2) is 11.6 Å². The van der Waals surface area contributed by atoms with Crippen LogP contribution in [0.15, 0.2) is 24.4 Å². The number of nitrogens with two attached hydrogens (primary N) is 1. The third kappa shape index (κ3) is 2.80. The molecule has 6 nitrogen and oxygen atoms in total. The summed E-state index contributed by atoms with van der Waals surface area (Å²) in [4.78, 5) is 3.97. The zero-order valence-corrected chi connectivity index (χ0v) is 10.0. The largest absolute Gasteiger partial charge is 0.405 e. The summed E-state index contributed by atoms with van der Waals surface area (Å²) in [5, 5.41) is 14.9. The van der Waals surface area contributed by atoms with Crippen molar-refractivity contribution in [3.63, 3.8) is 0 Å². The molecule has 9 heteroatoms. The van der Waals surface area contributed by atoms with Crippen LogP contribution in [0.25, 0.3) is 5.82 Å². The first kappa shape index (κ1) is 13.7. The first-order chi connectivity index (χ1) is 9.42. The number of halogens is 3. The van der Waals surface area contributed by atoms with Crippen LogP contribution in [-0.2, 0) is 0 Å². The van der Waals surface area contributed by atoms with Crippen molar-refractivity contribution >= 4 is 11.6 Å². The number of aromatic nitrogens is 3. The van der Waals surface area contributed by atoms with Gasteiger partial charge in [0, 0.05) is 6.20 Å². The Balaban J connectivity index is 2.38. The summed E-state index contributed by atoms with van der Waals surface area (Å²) >= 11 is 0. The summed E-state index contributed by atoms with van der Waals surface area (Å²) in [7, 11) is 0. The molecule has 2 rings (SSSR count). The Morgan fingerprint density at radius 1 is 1.40 bits per heavy atom. The average Bonchev–Trinajstić information content (AvgIpc) is 2.73. The van der Waals surface area contributed by atoms with Crippen LogP contribution in [0.5, 0.6) is 0 Å². The summed E-state index contributed by atoms with van der Waals surface area (Å²) < 4.78 is 37.7. The Bertz CT molecular complexity index is 641. The molecule has 0 bridgehead atoms. The first-order valence-corrected chi connectivity index (χ1v) is 5.43. The van der Waals surface area contributed by atoms with E-state index in [1.165, 1.54) is 6.20 Å². The quantitative estimate of drug-likeness (QED) is 0.893. The lowest BCUT2D eigenvalue weighted by atomic mass is 10.3. The standard InChI is InChI=1S/C11H9F3N6/c12-11(13,14)6-18-10-7(5-15)9(16)20(19-10)8-3-1-2-4-17-8/h1-4H,6,16H2,(H,18,19). The van der Waals surface area contributed by atoms with Gasteiger partial charge in [0.05, 0.1) is 0 Å². The lowest BCUT2D eigenvalue weighted by molar-refractivity contribution is -0.115. The molecule has 20 heavy (non-hydrogen) atoms. The van der Waals surface area contributed by atoms with Crippen molar-refractivity contribution in [2.45, 2.75) is 6.18 Å². The topological polar surface area (TPSA) is 92.5 Å². The summed E-state index contributed by atoms with van der Waals surface area (Å²) in [6.07, 6.45) is -2.94. The molecule has 0 atom stereocenters. The van der Waals surface area contributed by atoms with E-state index in [2.05, 4.69) is 10.1 Å². The Morgan fingerprint density at radius 2 is 2.15 bits per heavy atom. The van der Waals surface area contributed by atoms with Crippen LogP contribution in [0.1, 0.15) is 5.56 Å². The van der Waals surface area contributed by atoms with Crippen molar-refractivity contribution in [3.8, 4) is 11.9 Å². The smallest absolute Gasteiger partial charge is 0.382 e. The zero-order chi connectivity index (χ0) is 14.8. The number of rotatable bonds is 3. The maximum atomic E-state index is 12.2. The molecular formula is C11H9F3N6. The molecular weight excluding hydrogens is 273 g/mol. The maximum absolute atomic E-state index is 12.2. The zero-order valence-electron chi connectivity index (χ0n) is 10.0. The van der Waals surface area contributed by atoms with E-state index >= 15 is 0 Å². The Morgan fingerprint density at radius 3 is 2.70 bits per heavy atom. The fourth-order valence-corrected chi connectivity index (χ4v) is 1.50. The Labute approximate surface area is 111 Å². The lowest BCUT2D eigenvalue weighted by Crippen LogP contribution is -2.22. The van der Waals surface area contributed by atoms with Gasteiger partial charge in [-0.05, 0) is 12.1 Å². The average molecular weight is 282 g/mol. The lowest BCUT2D eigenvalue weighted by Gasteiger charge is -2.06. The van der Waals surface area contributed by atoms with Gasteiger partial charge in [0.1, 0.15) is 24.0 Å². The molecule has 0 radical (unpaired) electrons. The molecule has 0 fully saturated rings. The molecule has 3 N–H and O–H groups in total. The number of nitrogen functional groups attached to an aromatic ring is 1. The predicted octanol–water partition coefficient (Wildman–Crippen LogP) is 1.70. The predicted molar refractivity (Wildman–Crippen MR) is 65.0 cm³/mol. The van der Waals surface area contributed by atoms with Gasteiger partial charge in [-0.2, -0.15) is 23.1 Å². The van der Waals surface area contributed by atoms with E-state index in [1.807, 2.05) is 5.32 Å². The van der Waals surface area contributed by atoms with Crippen molar-refractivity contribution < 1.29 is 13.2 Å². The van der Waals surface area contributed by atoms with E-state index < -0.39 is 12.7 Å². The van der Waals surface area contributed by atoms with Crippen molar-refractivity contribution in [3.05, 3.63) is 30.0 Å². The van der Waals surface area contributed by atoms with Gasteiger partial charge in [-0.1, -0.05) is 6.07 Å². The molecule has 0 unspecified atom stereocenters. The summed E-state index contributed by atoms with van der Waals surface area (Å²) in [6, 6.07) is 6.62. The minimum atomic E-state index is -4.42. The minimum Gasteiger partial charge on any atom is -0.382 e. The van der Waals surface area contributed by atoms with E-state index in [1.54, 1.807) is 24.3 Å². The minimum absolute atomic E-state index is 0.0733. The molecule has 0 aliphatic carbocycles. The van der Waals surface area contributed by atoms with E-state index in [9.17, 15) is 13.2 Å². The van der Waals surface area contributed by atoms with Crippen LogP contribution in [0.4, 0.5) is 24.8 Å². The molecule has 0 saturated heterocycles. The molecule has 2 aromatic rings. The van der Waals surface area contributed by atoms with Gasteiger partial charge in [-0.3, -0.25) is 0 Å². The molecule has 0 aromatic carbocycles. The maximum Gasteiger partial charge on any atom is 0.405 e. The number of nitrogens with zero attached hydrogens (tertiary/aromatic N) is 4. The van der Waals surface area contributed by atoms with Crippen molar-refractivity contribution in [1.29, 1.82) is 5.26 Å². The number of nitrogens with one attached hydrogen (secondary N) is 1. The van der Waals surface area contributed by atoms with Gasteiger partial charge in [-0.25, -0.2) is 4.98 Å². The number of alkyl halides is 3. The van der Waals surface area contributed by atoms with Crippen LogP contribution in [0.3, 0.4) is 0 Å². The molecule has 0 saturated carbocycles. The second-order valence-electron chi connectivity index (χ2n) is 3.79. The van der Waals surface area contributed by atoms with Gasteiger partial charge < -0.3 is 11.1 Å². The second kappa shape index (κ2) is 5.08. The highest BCUT2D eigenvalue weighted by Gasteiger charge is 2.28. The SMILES string of the molecule is N#Cc1c(NCC(F)(F)F)nn(-c2ccccn2)c1N. The summed E-state index contributed by atoms with van der Waals surface area (Å²) in [5.41, 5.74) is 5.55. The molecule has 0 spiro atoms. The fraction of sp³-hybridized carbons (Fsp3) is 0.182. The Hall–Kier alpha value is -2.76. The van der Waals surface area contributed by atoms with E-state index in [0.717, 1.165) is 4.68 Å². The van der Waals surface area contributed by atoms with Crippen molar-refractivity contribution in [1.82, 2.24) is 14.8 Å². The molecule has 0 amide bonds. The van der Waals surface area contributed by atoms with Gasteiger partial charge in [0.25, 0.3) is 0 Å². The molecule has 104 valence electrons. The fourth-order valence-electron chi connectivity index (χ4n) is 1.50. The summed E-state index contributed by atoms with van der Waals surface area (Å²) in [6.45, 7) is -1.31. The van der Waals surface area contributed by atoms with Crippen LogP contribution >= 0.6 is 0 Å². The molecule has 0 aliphatic rings. The molecule has 2 aromatic heterocycles. The number of hydrogen-bond donors (Lipinski definition) is 2. The second-order valence-corrected chi connectivity index (χ2v) is 3.79. The van der Waals surface area contributed by atoms with Gasteiger partial charge in [0.2, 0.25) is 0 Å². The third-order valence-corrected chi connectivity index (χ3v) is 2.36. The van der Waals surface area contributed by atoms with E-state index in [0.29, 0.717) is 5.82 Å². The molecule has 2 heterocycles. The Kier molecular flexibility index (Phi) is 3.47. The third-order valence-electron chi connectivity index (χ3n) is 2.36. The molecule has 0 aliphatic heterocycles. The number of pyridine rings is 1. The van der Waals surface area contributed by atoms with Crippen molar-refractivity contribution in [2.24, 2.45) is 0 Å². The highest BCUT2D eigenvalue weighted by molar-refractivity contribution is 5.65. The van der Waals surface area contributed by atoms with Crippen LogP contribution in [-0.4, -0.2) is 27.5 Å². The van der Waals surface area contributed by atoms with E-state index in [-0.39, 0.29) is 17.2 Å². The van der Waals surface area contributed by atoms with E-state index in [4.69, 9.17) is 11.0 Å². The number of hydrogen-bond acceptors (Lipinski definition) is 5. The monoisotopic (exact) mass is 282 g/mol. The van der Waals surface area contributed by atoms with Gasteiger partial charge >= 0.3 is 6.18 Å². The highest BCUT2D eigenvalue weighted by atomic mass is 19.4. The number of anilines is 2. The van der Waals surface area contributed by atoms with Crippen LogP contribution in [0.2, 0.25) is 0 Å².